The van der Waals surface area contributed by atoms with Crippen molar-refractivity contribution in [1.29, 1.82) is 0 Å². The summed E-state index contributed by atoms with van der Waals surface area (Å²) >= 11 is 0. The number of fused-ring (bicyclic) bond motifs is 1. The summed E-state index contributed by atoms with van der Waals surface area (Å²) in [5.41, 5.74) is 1.43. The number of sulfone groups is 1. The molecule has 0 bridgehead atoms. The highest BCUT2D eigenvalue weighted by molar-refractivity contribution is 7.92. The molecule has 1 heterocycles. The van der Waals surface area contributed by atoms with Crippen molar-refractivity contribution in [3.05, 3.63) is 65.2 Å². The van der Waals surface area contributed by atoms with Crippen LogP contribution in [-0.2, 0) is 27.7 Å². The minimum atomic E-state index is -4.06. The van der Waals surface area contributed by atoms with Gasteiger partial charge >= 0.3 is 0 Å². The van der Waals surface area contributed by atoms with Crippen LogP contribution in [0.1, 0.15) is 11.1 Å². The predicted octanol–water partition coefficient (Wildman–Crippen LogP) is 2.28. The molecular formula is C16H13F2NO3S. The Morgan fingerprint density at radius 2 is 1.74 bits per heavy atom. The lowest BCUT2D eigenvalue weighted by molar-refractivity contribution is -0.129. The van der Waals surface area contributed by atoms with Gasteiger partial charge in [-0.2, -0.15) is 0 Å². The van der Waals surface area contributed by atoms with Crippen LogP contribution >= 0.6 is 0 Å². The summed E-state index contributed by atoms with van der Waals surface area (Å²) in [6.45, 7) is 0.375. The topological polar surface area (TPSA) is 54.5 Å². The fourth-order valence-electron chi connectivity index (χ4n) is 2.57. The van der Waals surface area contributed by atoms with Crippen LogP contribution in [0.2, 0.25) is 0 Å². The Bertz CT molecular complexity index is 881. The fraction of sp³-hybridized carbons (Fsp3) is 0.188. The first-order chi connectivity index (χ1) is 10.9. The molecule has 2 aromatic rings. The number of hydrogen-bond donors (Lipinski definition) is 0. The van der Waals surface area contributed by atoms with Gasteiger partial charge in [0.05, 0.1) is 0 Å². The molecular weight excluding hydrogens is 324 g/mol. The van der Waals surface area contributed by atoms with Crippen molar-refractivity contribution >= 4 is 15.7 Å². The lowest BCUT2D eigenvalue weighted by Gasteiger charge is -2.15. The maximum Gasteiger partial charge on any atom is 0.238 e. The van der Waals surface area contributed by atoms with Gasteiger partial charge < -0.3 is 4.90 Å². The van der Waals surface area contributed by atoms with E-state index in [1.165, 1.54) is 29.2 Å². The number of carbonyl (C=O) groups is 1. The molecule has 4 nitrogen and oxygen atoms in total. The van der Waals surface area contributed by atoms with E-state index >= 15 is 0 Å². The Labute approximate surface area is 132 Å². The molecule has 1 aliphatic rings. The first kappa shape index (κ1) is 15.6. The molecule has 0 aromatic heterocycles. The molecule has 120 valence electrons. The summed E-state index contributed by atoms with van der Waals surface area (Å²) in [4.78, 5) is 13.1. The van der Waals surface area contributed by atoms with Gasteiger partial charge in [-0.3, -0.25) is 4.79 Å². The van der Waals surface area contributed by atoms with Crippen molar-refractivity contribution in [3.8, 4) is 0 Å². The van der Waals surface area contributed by atoms with Gasteiger partial charge in [0.25, 0.3) is 0 Å². The molecule has 3 rings (SSSR count). The van der Waals surface area contributed by atoms with E-state index in [9.17, 15) is 22.0 Å². The van der Waals surface area contributed by atoms with Gasteiger partial charge in [0.2, 0.25) is 5.91 Å². The van der Waals surface area contributed by atoms with E-state index in [0.717, 1.165) is 17.7 Å². The molecule has 23 heavy (non-hydrogen) atoms. The summed E-state index contributed by atoms with van der Waals surface area (Å²) in [5.74, 6) is -2.74. The molecule has 0 saturated carbocycles. The van der Waals surface area contributed by atoms with E-state index in [4.69, 9.17) is 0 Å². The van der Waals surface area contributed by atoms with Crippen LogP contribution in [-0.4, -0.2) is 25.0 Å². The number of carbonyl (C=O) groups excluding carboxylic acids is 1. The molecule has 0 radical (unpaired) electrons. The second-order valence-corrected chi connectivity index (χ2v) is 7.31. The molecule has 2 aromatic carbocycles. The van der Waals surface area contributed by atoms with Gasteiger partial charge in [0.15, 0.2) is 9.84 Å². The standard InChI is InChI=1S/C16H13F2NO3S/c17-13-6-5-11-8-19(9-12(11)7-13)16(20)10-23(21,22)15-4-2-1-3-14(15)18/h1-7H,8-10H2. The van der Waals surface area contributed by atoms with Crippen LogP contribution in [0.3, 0.4) is 0 Å². The third-order valence-electron chi connectivity index (χ3n) is 3.73. The third kappa shape index (κ3) is 3.10. The van der Waals surface area contributed by atoms with Crippen LogP contribution in [0.25, 0.3) is 0 Å². The third-order valence-corrected chi connectivity index (χ3v) is 5.36. The van der Waals surface area contributed by atoms with Gasteiger partial charge in [-0.15, -0.1) is 0 Å². The van der Waals surface area contributed by atoms with Gasteiger partial charge in [-0.25, -0.2) is 17.2 Å². The predicted molar refractivity (Wildman–Crippen MR) is 79.1 cm³/mol. The second-order valence-electron chi connectivity index (χ2n) is 5.35. The Hall–Kier alpha value is -2.28. The lowest BCUT2D eigenvalue weighted by atomic mass is 10.1. The molecule has 0 saturated heterocycles. The van der Waals surface area contributed by atoms with E-state index < -0.39 is 38.0 Å². The number of benzene rings is 2. The van der Waals surface area contributed by atoms with Crippen molar-refractivity contribution in [2.75, 3.05) is 5.75 Å². The van der Waals surface area contributed by atoms with Gasteiger partial charge in [0, 0.05) is 13.1 Å². The summed E-state index contributed by atoms with van der Waals surface area (Å²) < 4.78 is 51.2. The van der Waals surface area contributed by atoms with Crippen molar-refractivity contribution in [1.82, 2.24) is 4.90 Å². The van der Waals surface area contributed by atoms with Crippen LogP contribution in [0.5, 0.6) is 0 Å². The van der Waals surface area contributed by atoms with Gasteiger partial charge in [0.1, 0.15) is 22.3 Å². The van der Waals surface area contributed by atoms with E-state index in [0.29, 0.717) is 5.56 Å². The number of rotatable bonds is 3. The Kier molecular flexibility index (Phi) is 3.89. The molecule has 1 aliphatic heterocycles. The first-order valence-electron chi connectivity index (χ1n) is 6.89. The Morgan fingerprint density at radius 3 is 2.48 bits per heavy atom. The summed E-state index contributed by atoms with van der Waals surface area (Å²) in [5, 5.41) is 0. The lowest BCUT2D eigenvalue weighted by Crippen LogP contribution is -2.31. The van der Waals surface area contributed by atoms with Crippen LogP contribution in [0.15, 0.2) is 47.4 Å². The maximum atomic E-state index is 13.6. The minimum Gasteiger partial charge on any atom is -0.333 e. The minimum absolute atomic E-state index is 0.152. The molecule has 0 N–H and O–H groups in total. The summed E-state index contributed by atoms with van der Waals surface area (Å²) in [6, 6.07) is 9.13. The quantitative estimate of drug-likeness (QED) is 0.863. The monoisotopic (exact) mass is 337 g/mol. The van der Waals surface area contributed by atoms with Crippen LogP contribution in [0, 0.1) is 11.6 Å². The van der Waals surface area contributed by atoms with Crippen molar-refractivity contribution in [2.45, 2.75) is 18.0 Å². The van der Waals surface area contributed by atoms with E-state index in [2.05, 4.69) is 0 Å². The van der Waals surface area contributed by atoms with Crippen molar-refractivity contribution < 1.29 is 22.0 Å². The molecule has 0 unspecified atom stereocenters. The van der Waals surface area contributed by atoms with Crippen molar-refractivity contribution in [2.24, 2.45) is 0 Å². The Balaban J connectivity index is 1.77. The van der Waals surface area contributed by atoms with E-state index in [1.807, 2.05) is 0 Å². The normalized spacial score (nSPS) is 13.9. The number of halogens is 2. The maximum absolute atomic E-state index is 13.6. The zero-order valence-electron chi connectivity index (χ0n) is 12.0. The average molecular weight is 337 g/mol. The molecule has 0 atom stereocenters. The molecule has 0 aliphatic carbocycles. The summed E-state index contributed by atoms with van der Waals surface area (Å²) in [6.07, 6.45) is 0. The highest BCUT2D eigenvalue weighted by Gasteiger charge is 2.29. The molecule has 0 fully saturated rings. The zero-order chi connectivity index (χ0) is 16.6. The number of nitrogens with zero attached hydrogens (tertiary/aromatic N) is 1. The largest absolute Gasteiger partial charge is 0.333 e. The van der Waals surface area contributed by atoms with Crippen molar-refractivity contribution in [3.63, 3.8) is 0 Å². The highest BCUT2D eigenvalue weighted by Crippen LogP contribution is 2.24. The van der Waals surface area contributed by atoms with E-state index in [-0.39, 0.29) is 13.1 Å². The second kappa shape index (κ2) is 5.73. The van der Waals surface area contributed by atoms with Gasteiger partial charge in [-0.1, -0.05) is 18.2 Å². The Morgan fingerprint density at radius 1 is 1.04 bits per heavy atom. The highest BCUT2D eigenvalue weighted by atomic mass is 32.2. The first-order valence-corrected chi connectivity index (χ1v) is 8.54. The van der Waals surface area contributed by atoms with E-state index in [1.54, 1.807) is 6.07 Å². The SMILES string of the molecule is O=C(CS(=O)(=O)c1ccccc1F)N1Cc2ccc(F)cc2C1. The molecule has 1 amide bonds. The number of amides is 1. The average Bonchev–Trinajstić information content (AvgIpc) is 2.90. The summed E-state index contributed by atoms with van der Waals surface area (Å²) in [7, 11) is -4.06. The van der Waals surface area contributed by atoms with Crippen LogP contribution in [0.4, 0.5) is 8.78 Å². The molecule has 7 heteroatoms. The smallest absolute Gasteiger partial charge is 0.238 e. The number of hydrogen-bond acceptors (Lipinski definition) is 3. The van der Waals surface area contributed by atoms with Crippen LogP contribution < -0.4 is 0 Å². The fourth-order valence-corrected chi connectivity index (χ4v) is 3.88. The van der Waals surface area contributed by atoms with Gasteiger partial charge in [-0.05, 0) is 35.4 Å². The molecule has 0 spiro atoms. The zero-order valence-corrected chi connectivity index (χ0v) is 12.8.